The summed E-state index contributed by atoms with van der Waals surface area (Å²) < 4.78 is 5.20. The van der Waals surface area contributed by atoms with Crippen molar-refractivity contribution < 1.29 is 14.3 Å². The third-order valence-corrected chi connectivity index (χ3v) is 2.18. The summed E-state index contributed by atoms with van der Waals surface area (Å²) in [4.78, 5) is 24.9. The maximum atomic E-state index is 12.0. The number of amides is 2. The van der Waals surface area contributed by atoms with Crippen LogP contribution in [-0.2, 0) is 9.53 Å². The fraction of sp³-hybridized carbons (Fsp3) is 0.643. The van der Waals surface area contributed by atoms with Gasteiger partial charge in [-0.2, -0.15) is 5.26 Å². The van der Waals surface area contributed by atoms with Crippen molar-refractivity contribution in [3.8, 4) is 6.07 Å². The van der Waals surface area contributed by atoms with Gasteiger partial charge in [0.1, 0.15) is 17.2 Å². The summed E-state index contributed by atoms with van der Waals surface area (Å²) in [5, 5.41) is 11.6. The highest BCUT2D eigenvalue weighted by atomic mass is 16.6. The Morgan fingerprint density at radius 1 is 1.43 bits per heavy atom. The number of nitrogens with two attached hydrogens (primary N) is 1. The number of hydrogen-bond donors (Lipinski definition) is 2. The normalized spacial score (nSPS) is 11.5. The molecule has 118 valence electrons. The summed E-state index contributed by atoms with van der Waals surface area (Å²) in [6.45, 7) is 7.89. The Bertz CT molecular complexity index is 432. The van der Waals surface area contributed by atoms with Gasteiger partial charge in [0.25, 0.3) is 5.91 Å². The summed E-state index contributed by atoms with van der Waals surface area (Å²) in [6, 6.07) is 1.78. The van der Waals surface area contributed by atoms with E-state index in [0.717, 1.165) is 11.3 Å². The number of nitrogens with one attached hydrogen (secondary N) is 1. The molecule has 21 heavy (non-hydrogen) atoms. The Morgan fingerprint density at radius 2 is 2.05 bits per heavy atom. The topological polar surface area (TPSA) is 108 Å². The van der Waals surface area contributed by atoms with Crippen LogP contribution in [0.1, 0.15) is 34.1 Å². The van der Waals surface area contributed by atoms with Crippen molar-refractivity contribution in [2.75, 3.05) is 19.6 Å². The van der Waals surface area contributed by atoms with E-state index in [0.29, 0.717) is 6.54 Å². The lowest BCUT2D eigenvalue weighted by Crippen LogP contribution is -2.37. The average Bonchev–Trinajstić information content (AvgIpc) is 2.38. The lowest BCUT2D eigenvalue weighted by atomic mass is 10.2. The van der Waals surface area contributed by atoms with E-state index in [-0.39, 0.29) is 18.7 Å². The van der Waals surface area contributed by atoms with Crippen molar-refractivity contribution in [3.63, 3.8) is 0 Å². The Labute approximate surface area is 125 Å². The lowest BCUT2D eigenvalue weighted by molar-refractivity contribution is -0.117. The van der Waals surface area contributed by atoms with E-state index in [2.05, 4.69) is 5.32 Å². The zero-order valence-corrected chi connectivity index (χ0v) is 13.1. The molecule has 0 spiro atoms. The van der Waals surface area contributed by atoms with Crippen molar-refractivity contribution in [1.29, 1.82) is 5.26 Å². The molecular formula is C14H24N4O3. The summed E-state index contributed by atoms with van der Waals surface area (Å²) in [7, 11) is 0. The van der Waals surface area contributed by atoms with Crippen LogP contribution in [0.3, 0.4) is 0 Å². The average molecular weight is 296 g/mol. The minimum absolute atomic E-state index is 0.154. The summed E-state index contributed by atoms with van der Waals surface area (Å²) >= 11 is 0. The smallest absolute Gasteiger partial charge is 0.414 e. The van der Waals surface area contributed by atoms with Gasteiger partial charge in [0, 0.05) is 25.8 Å². The predicted molar refractivity (Wildman–Crippen MR) is 79.0 cm³/mol. The van der Waals surface area contributed by atoms with Gasteiger partial charge in [0.15, 0.2) is 0 Å². The molecule has 0 aliphatic carbocycles. The molecule has 3 N–H and O–H groups in total. The van der Waals surface area contributed by atoms with Crippen LogP contribution in [0, 0.1) is 11.3 Å². The molecule has 0 saturated carbocycles. The van der Waals surface area contributed by atoms with Crippen LogP contribution in [0.25, 0.3) is 0 Å². The van der Waals surface area contributed by atoms with Crippen molar-refractivity contribution in [3.05, 3.63) is 11.8 Å². The highest BCUT2D eigenvalue weighted by Gasteiger charge is 2.22. The number of rotatable bonds is 6. The summed E-state index contributed by atoms with van der Waals surface area (Å²) in [5.74, 6) is -0.523. The first-order chi connectivity index (χ1) is 9.75. The minimum atomic E-state index is -0.672. The zero-order chi connectivity index (χ0) is 16.5. The number of hydrogen-bond acceptors (Lipinski definition) is 5. The fourth-order valence-corrected chi connectivity index (χ4v) is 1.30. The molecular weight excluding hydrogens is 272 g/mol. The molecule has 7 heteroatoms. The highest BCUT2D eigenvalue weighted by molar-refractivity contribution is 5.97. The van der Waals surface area contributed by atoms with Gasteiger partial charge in [-0.3, -0.25) is 9.69 Å². The van der Waals surface area contributed by atoms with Gasteiger partial charge < -0.3 is 15.8 Å². The lowest BCUT2D eigenvalue weighted by Gasteiger charge is -2.25. The van der Waals surface area contributed by atoms with Crippen LogP contribution in [0.15, 0.2) is 11.8 Å². The zero-order valence-electron chi connectivity index (χ0n) is 13.1. The van der Waals surface area contributed by atoms with E-state index in [1.807, 2.05) is 6.92 Å². The second-order valence-corrected chi connectivity index (χ2v) is 5.37. The van der Waals surface area contributed by atoms with Gasteiger partial charge in [0.05, 0.1) is 0 Å². The molecule has 0 aromatic carbocycles. The molecule has 0 aromatic rings. The standard InChI is InChI=1S/C14H24N4O3/c1-5-7-17-12(19)11(9-16)10-18(8-6-15)13(20)21-14(2,3)4/h10H,5-8,15H2,1-4H3,(H,17,19)/b11-10-. The largest absolute Gasteiger partial charge is 0.443 e. The molecule has 0 heterocycles. The minimum Gasteiger partial charge on any atom is -0.443 e. The van der Waals surface area contributed by atoms with Crippen LogP contribution in [0.2, 0.25) is 0 Å². The Hall–Kier alpha value is -2.07. The van der Waals surface area contributed by atoms with Crippen LogP contribution < -0.4 is 11.1 Å². The van der Waals surface area contributed by atoms with Crippen LogP contribution in [0.4, 0.5) is 4.79 Å². The Morgan fingerprint density at radius 3 is 2.48 bits per heavy atom. The van der Waals surface area contributed by atoms with E-state index >= 15 is 0 Å². The van der Waals surface area contributed by atoms with E-state index < -0.39 is 17.6 Å². The number of carbonyl (C=O) groups excluding carboxylic acids is 2. The van der Waals surface area contributed by atoms with E-state index in [1.54, 1.807) is 26.8 Å². The third-order valence-electron chi connectivity index (χ3n) is 2.18. The molecule has 0 atom stereocenters. The van der Waals surface area contributed by atoms with Gasteiger partial charge in [-0.1, -0.05) is 6.92 Å². The van der Waals surface area contributed by atoms with Gasteiger partial charge in [-0.05, 0) is 27.2 Å². The van der Waals surface area contributed by atoms with Gasteiger partial charge in [0.2, 0.25) is 0 Å². The van der Waals surface area contributed by atoms with E-state index in [4.69, 9.17) is 15.7 Å². The van der Waals surface area contributed by atoms with Crippen molar-refractivity contribution in [2.24, 2.45) is 5.73 Å². The van der Waals surface area contributed by atoms with E-state index in [1.165, 1.54) is 6.20 Å². The molecule has 0 saturated heterocycles. The van der Waals surface area contributed by atoms with E-state index in [9.17, 15) is 9.59 Å². The number of nitrogens with zero attached hydrogens (tertiary/aromatic N) is 2. The highest BCUT2D eigenvalue weighted by Crippen LogP contribution is 2.11. The van der Waals surface area contributed by atoms with Crippen LogP contribution in [-0.4, -0.2) is 42.1 Å². The molecule has 0 unspecified atom stereocenters. The van der Waals surface area contributed by atoms with Crippen molar-refractivity contribution >= 4 is 12.0 Å². The number of ether oxygens (including phenoxy) is 1. The molecule has 7 nitrogen and oxygen atoms in total. The summed E-state index contributed by atoms with van der Waals surface area (Å²) in [6.07, 6.45) is 1.28. The fourth-order valence-electron chi connectivity index (χ4n) is 1.30. The predicted octanol–water partition coefficient (Wildman–Crippen LogP) is 1.12. The molecule has 0 fully saturated rings. The molecule has 0 bridgehead atoms. The SMILES string of the molecule is CCCNC(=O)/C(C#N)=C\N(CCN)C(=O)OC(C)(C)C. The number of nitriles is 1. The van der Waals surface area contributed by atoms with Crippen molar-refractivity contribution in [1.82, 2.24) is 10.2 Å². The first kappa shape index (κ1) is 18.9. The second kappa shape index (κ2) is 8.97. The first-order valence-corrected chi connectivity index (χ1v) is 6.85. The van der Waals surface area contributed by atoms with Gasteiger partial charge >= 0.3 is 6.09 Å². The molecule has 0 radical (unpaired) electrons. The van der Waals surface area contributed by atoms with Crippen molar-refractivity contribution in [2.45, 2.75) is 39.7 Å². The maximum absolute atomic E-state index is 12.0. The molecule has 0 aliphatic rings. The van der Waals surface area contributed by atoms with Gasteiger partial charge in [-0.25, -0.2) is 4.79 Å². The van der Waals surface area contributed by atoms with Crippen LogP contribution >= 0.6 is 0 Å². The maximum Gasteiger partial charge on any atom is 0.414 e. The van der Waals surface area contributed by atoms with Crippen LogP contribution in [0.5, 0.6) is 0 Å². The second-order valence-electron chi connectivity index (χ2n) is 5.37. The monoisotopic (exact) mass is 296 g/mol. The first-order valence-electron chi connectivity index (χ1n) is 6.85. The Balaban J connectivity index is 5.09. The molecule has 2 amide bonds. The van der Waals surface area contributed by atoms with Gasteiger partial charge in [-0.15, -0.1) is 0 Å². The molecule has 0 aromatic heterocycles. The molecule has 0 rings (SSSR count). The molecule has 0 aliphatic heterocycles. The summed E-state index contributed by atoms with van der Waals surface area (Å²) in [5.41, 5.74) is 4.61. The number of carbonyl (C=O) groups is 2. The quantitative estimate of drug-likeness (QED) is 0.564. The third kappa shape index (κ3) is 7.95. The Kier molecular flexibility index (Phi) is 8.09.